The number of ether oxygens (including phenoxy) is 2. The molecule has 5 heteroatoms. The maximum atomic E-state index is 5.82. The van der Waals surface area contributed by atoms with Crippen molar-refractivity contribution in [2.75, 3.05) is 38.8 Å². The molecule has 1 aromatic carbocycles. The molecule has 0 aromatic heterocycles. The number of rotatable bonds is 5. The number of aliphatic imine (C=N–C) groups is 1. The third-order valence-corrected chi connectivity index (χ3v) is 2.03. The predicted molar refractivity (Wildman–Crippen MR) is 66.2 cm³/mol. The highest BCUT2D eigenvalue weighted by Gasteiger charge is 2.05. The number of nitrogen functional groups attached to an aromatic ring is 2. The minimum absolute atomic E-state index is 0.446. The summed E-state index contributed by atoms with van der Waals surface area (Å²) < 4.78 is 10.3. The largest absolute Gasteiger partial charge is 0.489 e. The molecule has 0 radical (unpaired) electrons. The number of hydrogen-bond acceptors (Lipinski definition) is 5. The van der Waals surface area contributed by atoms with Gasteiger partial charge in [-0.3, -0.25) is 4.99 Å². The van der Waals surface area contributed by atoms with Crippen LogP contribution in [0.15, 0.2) is 17.1 Å². The number of nitrogens with zero attached hydrogens (tertiary/aromatic N) is 1. The van der Waals surface area contributed by atoms with Crippen molar-refractivity contribution >= 4 is 17.6 Å². The Hall–Kier alpha value is -1.75. The molecule has 88 valence electrons. The van der Waals surface area contributed by atoms with Crippen molar-refractivity contribution < 1.29 is 9.47 Å². The molecular formula is C11H17N3O2. The van der Waals surface area contributed by atoms with Crippen LogP contribution in [0.2, 0.25) is 0 Å². The molecule has 0 aliphatic rings. The first-order chi connectivity index (χ1) is 7.69. The molecule has 0 aliphatic carbocycles. The van der Waals surface area contributed by atoms with Crippen LogP contribution in [0, 0.1) is 0 Å². The van der Waals surface area contributed by atoms with Gasteiger partial charge in [0.15, 0.2) is 0 Å². The fourth-order valence-corrected chi connectivity index (χ4v) is 1.24. The first-order valence-corrected chi connectivity index (χ1v) is 4.92. The van der Waals surface area contributed by atoms with E-state index >= 15 is 0 Å². The Morgan fingerprint density at radius 1 is 1.25 bits per heavy atom. The van der Waals surface area contributed by atoms with Crippen LogP contribution >= 0.6 is 0 Å². The molecular weight excluding hydrogens is 206 g/mol. The Kier molecular flexibility index (Phi) is 4.60. The van der Waals surface area contributed by atoms with Crippen molar-refractivity contribution in [3.05, 3.63) is 17.7 Å². The van der Waals surface area contributed by atoms with Crippen LogP contribution in [0.3, 0.4) is 0 Å². The van der Waals surface area contributed by atoms with Crippen molar-refractivity contribution in [2.45, 2.75) is 0 Å². The van der Waals surface area contributed by atoms with Crippen molar-refractivity contribution in [1.82, 2.24) is 0 Å². The molecule has 4 N–H and O–H groups in total. The standard InChI is InChI=1S/C11H17N3O2/c1-14-7-8-5-10(13)11(6-9(8)12)16-4-3-15-2/h5-7H,3-4,12-13H2,1-2H3. The van der Waals surface area contributed by atoms with E-state index in [0.29, 0.717) is 30.3 Å². The third-order valence-electron chi connectivity index (χ3n) is 2.03. The maximum Gasteiger partial charge on any atom is 0.144 e. The first-order valence-electron chi connectivity index (χ1n) is 4.92. The van der Waals surface area contributed by atoms with Crippen LogP contribution in [0.1, 0.15) is 5.56 Å². The summed E-state index contributed by atoms with van der Waals surface area (Å²) in [6, 6.07) is 3.44. The Morgan fingerprint density at radius 2 is 2.00 bits per heavy atom. The lowest BCUT2D eigenvalue weighted by atomic mass is 10.1. The minimum atomic E-state index is 0.446. The van der Waals surface area contributed by atoms with Crippen LogP contribution in [-0.4, -0.2) is 33.6 Å². The van der Waals surface area contributed by atoms with E-state index in [2.05, 4.69) is 4.99 Å². The van der Waals surface area contributed by atoms with Gasteiger partial charge in [-0.25, -0.2) is 0 Å². The summed E-state index contributed by atoms with van der Waals surface area (Å²) in [5, 5.41) is 0. The molecule has 0 unspecified atom stereocenters. The van der Waals surface area contributed by atoms with Crippen molar-refractivity contribution in [3.8, 4) is 5.75 Å². The summed E-state index contributed by atoms with van der Waals surface area (Å²) in [6.07, 6.45) is 1.66. The van der Waals surface area contributed by atoms with Gasteiger partial charge in [-0.15, -0.1) is 0 Å². The summed E-state index contributed by atoms with van der Waals surface area (Å²) in [5.41, 5.74) is 13.6. The van der Waals surface area contributed by atoms with Gasteiger partial charge in [0.05, 0.1) is 12.3 Å². The fourth-order valence-electron chi connectivity index (χ4n) is 1.24. The van der Waals surface area contributed by atoms with Gasteiger partial charge in [-0.05, 0) is 6.07 Å². The second kappa shape index (κ2) is 5.97. The minimum Gasteiger partial charge on any atom is -0.489 e. The van der Waals surface area contributed by atoms with Crippen molar-refractivity contribution in [2.24, 2.45) is 4.99 Å². The SMILES string of the molecule is CN=Cc1cc(N)c(OCCOC)cc1N. The van der Waals surface area contributed by atoms with E-state index in [0.717, 1.165) is 5.56 Å². The van der Waals surface area contributed by atoms with Gasteiger partial charge >= 0.3 is 0 Å². The van der Waals surface area contributed by atoms with Crippen LogP contribution in [0.25, 0.3) is 0 Å². The van der Waals surface area contributed by atoms with Gasteiger partial charge in [0.2, 0.25) is 0 Å². The molecule has 0 atom stereocenters. The van der Waals surface area contributed by atoms with Gasteiger partial charge < -0.3 is 20.9 Å². The average Bonchev–Trinajstić information content (AvgIpc) is 2.25. The molecule has 0 aliphatic heterocycles. The summed E-state index contributed by atoms with van der Waals surface area (Å²) in [7, 11) is 3.29. The second-order valence-electron chi connectivity index (χ2n) is 3.25. The zero-order valence-electron chi connectivity index (χ0n) is 9.56. The summed E-state index contributed by atoms with van der Waals surface area (Å²) >= 11 is 0. The third kappa shape index (κ3) is 3.13. The Morgan fingerprint density at radius 3 is 2.62 bits per heavy atom. The van der Waals surface area contributed by atoms with Crippen molar-refractivity contribution in [1.29, 1.82) is 0 Å². The highest BCUT2D eigenvalue weighted by atomic mass is 16.5. The van der Waals surface area contributed by atoms with Gasteiger partial charge in [-0.2, -0.15) is 0 Å². The van der Waals surface area contributed by atoms with Crippen LogP contribution < -0.4 is 16.2 Å². The molecule has 0 spiro atoms. The molecule has 1 aromatic rings. The number of nitrogens with two attached hydrogens (primary N) is 2. The molecule has 0 amide bonds. The van der Waals surface area contributed by atoms with Gasteiger partial charge in [0.25, 0.3) is 0 Å². The Bertz CT molecular complexity index is 378. The summed E-state index contributed by atoms with van der Waals surface area (Å²) in [5.74, 6) is 0.572. The molecule has 0 bridgehead atoms. The van der Waals surface area contributed by atoms with Crippen molar-refractivity contribution in [3.63, 3.8) is 0 Å². The maximum absolute atomic E-state index is 5.82. The van der Waals surface area contributed by atoms with Gasteiger partial charge in [0.1, 0.15) is 12.4 Å². The van der Waals surface area contributed by atoms with Crippen LogP contribution in [-0.2, 0) is 4.74 Å². The van der Waals surface area contributed by atoms with E-state index in [-0.39, 0.29) is 0 Å². The zero-order valence-corrected chi connectivity index (χ0v) is 9.56. The summed E-state index contributed by atoms with van der Waals surface area (Å²) in [6.45, 7) is 0.957. The van der Waals surface area contributed by atoms with Gasteiger partial charge in [-0.1, -0.05) is 0 Å². The lowest BCUT2D eigenvalue weighted by Crippen LogP contribution is -2.07. The van der Waals surface area contributed by atoms with Gasteiger partial charge in [0, 0.05) is 37.7 Å². The Balaban J connectivity index is 2.83. The zero-order chi connectivity index (χ0) is 12.0. The number of hydrogen-bond donors (Lipinski definition) is 2. The molecule has 16 heavy (non-hydrogen) atoms. The second-order valence-corrected chi connectivity index (χ2v) is 3.25. The Labute approximate surface area is 95.1 Å². The van der Waals surface area contributed by atoms with E-state index in [4.69, 9.17) is 20.9 Å². The highest BCUT2D eigenvalue weighted by molar-refractivity contribution is 5.89. The average molecular weight is 223 g/mol. The van der Waals surface area contributed by atoms with E-state index in [1.165, 1.54) is 0 Å². The lowest BCUT2D eigenvalue weighted by Gasteiger charge is -2.10. The molecule has 5 nitrogen and oxygen atoms in total. The predicted octanol–water partition coefficient (Wildman–Crippen LogP) is 0.925. The topological polar surface area (TPSA) is 82.9 Å². The monoisotopic (exact) mass is 223 g/mol. The number of benzene rings is 1. The number of anilines is 2. The summed E-state index contributed by atoms with van der Waals surface area (Å²) in [4.78, 5) is 3.89. The van der Waals surface area contributed by atoms with Crippen LogP contribution in [0.5, 0.6) is 5.75 Å². The fraction of sp³-hybridized carbons (Fsp3) is 0.364. The van der Waals surface area contributed by atoms with Crippen LogP contribution in [0.4, 0.5) is 11.4 Å². The molecule has 0 heterocycles. The molecule has 1 rings (SSSR count). The van der Waals surface area contributed by atoms with E-state index in [1.807, 2.05) is 0 Å². The van der Waals surface area contributed by atoms with E-state index < -0.39 is 0 Å². The first kappa shape index (κ1) is 12.3. The molecule has 0 saturated carbocycles. The normalized spacial score (nSPS) is 10.9. The lowest BCUT2D eigenvalue weighted by molar-refractivity contribution is 0.147. The quantitative estimate of drug-likeness (QED) is 0.442. The molecule has 0 fully saturated rings. The highest BCUT2D eigenvalue weighted by Crippen LogP contribution is 2.26. The smallest absolute Gasteiger partial charge is 0.144 e. The molecule has 0 saturated heterocycles. The number of methoxy groups -OCH3 is 1. The van der Waals surface area contributed by atoms with E-state index in [9.17, 15) is 0 Å². The van der Waals surface area contributed by atoms with E-state index in [1.54, 1.807) is 32.5 Å².